The van der Waals surface area contributed by atoms with Crippen LogP contribution in [0.3, 0.4) is 0 Å². The van der Waals surface area contributed by atoms with Gasteiger partial charge in [-0.15, -0.1) is 0 Å². The van der Waals surface area contributed by atoms with Gasteiger partial charge in [-0.2, -0.15) is 4.31 Å². The number of hydrogen-bond acceptors (Lipinski definition) is 5. The fourth-order valence-corrected chi connectivity index (χ4v) is 5.07. The van der Waals surface area contributed by atoms with Crippen LogP contribution in [0.4, 0.5) is 5.69 Å². The van der Waals surface area contributed by atoms with Crippen LogP contribution in [0.25, 0.3) is 0 Å². The van der Waals surface area contributed by atoms with E-state index in [4.69, 9.17) is 9.47 Å². The summed E-state index contributed by atoms with van der Waals surface area (Å²) in [5.41, 5.74) is 2.13. The zero-order chi connectivity index (χ0) is 21.9. The molecule has 164 valence electrons. The summed E-state index contributed by atoms with van der Waals surface area (Å²) in [6, 6.07) is 13.0. The topological polar surface area (TPSA) is 59.1 Å². The van der Waals surface area contributed by atoms with Crippen LogP contribution in [0.15, 0.2) is 47.4 Å². The molecule has 7 heteroatoms. The van der Waals surface area contributed by atoms with Crippen LogP contribution in [0.1, 0.15) is 32.8 Å². The maximum absolute atomic E-state index is 13.1. The van der Waals surface area contributed by atoms with Crippen molar-refractivity contribution in [1.29, 1.82) is 0 Å². The van der Waals surface area contributed by atoms with Crippen molar-refractivity contribution >= 4 is 15.7 Å². The Bertz CT molecular complexity index is 963. The number of hydrogen-bond donors (Lipinski definition) is 0. The molecule has 1 fully saturated rings. The minimum absolute atomic E-state index is 0.0331. The molecule has 3 rings (SSSR count). The van der Waals surface area contributed by atoms with Crippen molar-refractivity contribution in [2.45, 2.75) is 37.5 Å². The van der Waals surface area contributed by atoms with Crippen molar-refractivity contribution in [3.63, 3.8) is 0 Å². The third-order valence-corrected chi connectivity index (χ3v) is 8.04. The third-order valence-electron chi connectivity index (χ3n) is 6.12. The molecule has 1 heterocycles. The Hall–Kier alpha value is -2.25. The minimum Gasteiger partial charge on any atom is -0.497 e. The Morgan fingerprint density at radius 3 is 2.10 bits per heavy atom. The number of methoxy groups -OCH3 is 2. The van der Waals surface area contributed by atoms with E-state index in [0.717, 1.165) is 29.2 Å². The average molecular weight is 433 g/mol. The quantitative estimate of drug-likeness (QED) is 0.664. The molecule has 0 N–H and O–H groups in total. The van der Waals surface area contributed by atoms with Crippen LogP contribution in [-0.2, 0) is 15.4 Å². The standard InChI is InChI=1S/C23H32N2O4S/c1-6-23(2,3)18-7-10-20(11-8-18)30(26,27)25-15-13-24(14-16-25)21-12-9-19(28-4)17-22(21)29-5/h7-12,17H,6,13-16H2,1-5H3. The van der Waals surface area contributed by atoms with Crippen LogP contribution in [-0.4, -0.2) is 53.1 Å². The monoisotopic (exact) mass is 432 g/mol. The average Bonchev–Trinajstić information content (AvgIpc) is 2.78. The van der Waals surface area contributed by atoms with Gasteiger partial charge in [0.15, 0.2) is 0 Å². The lowest BCUT2D eigenvalue weighted by Gasteiger charge is -2.36. The molecule has 1 aliphatic heterocycles. The number of anilines is 1. The molecule has 0 saturated carbocycles. The molecule has 0 bridgehead atoms. The predicted octanol–water partition coefficient (Wildman–Crippen LogP) is 3.90. The molecule has 1 saturated heterocycles. The molecule has 0 radical (unpaired) electrons. The van der Waals surface area contributed by atoms with Crippen molar-refractivity contribution in [3.05, 3.63) is 48.0 Å². The molecule has 0 aliphatic carbocycles. The van der Waals surface area contributed by atoms with Gasteiger partial charge in [0.1, 0.15) is 11.5 Å². The maximum atomic E-state index is 13.1. The van der Waals surface area contributed by atoms with E-state index in [9.17, 15) is 8.42 Å². The lowest BCUT2D eigenvalue weighted by Crippen LogP contribution is -2.48. The first kappa shape index (κ1) is 22.4. The van der Waals surface area contributed by atoms with Crippen LogP contribution in [0.2, 0.25) is 0 Å². The van der Waals surface area contributed by atoms with E-state index >= 15 is 0 Å². The van der Waals surface area contributed by atoms with Crippen molar-refractivity contribution < 1.29 is 17.9 Å². The summed E-state index contributed by atoms with van der Waals surface area (Å²) in [7, 11) is -0.261. The number of piperazine rings is 1. The van der Waals surface area contributed by atoms with E-state index in [1.807, 2.05) is 30.3 Å². The van der Waals surface area contributed by atoms with Gasteiger partial charge in [-0.3, -0.25) is 0 Å². The van der Waals surface area contributed by atoms with Crippen LogP contribution in [0.5, 0.6) is 11.5 Å². The molecular formula is C23H32N2O4S. The second kappa shape index (κ2) is 8.86. The SMILES string of the molecule is CCC(C)(C)c1ccc(S(=O)(=O)N2CCN(c3ccc(OC)cc3OC)CC2)cc1. The Labute approximate surface area is 180 Å². The zero-order valence-electron chi connectivity index (χ0n) is 18.5. The Morgan fingerprint density at radius 1 is 0.933 bits per heavy atom. The van der Waals surface area contributed by atoms with Gasteiger partial charge in [0.05, 0.1) is 24.8 Å². The van der Waals surface area contributed by atoms with Crippen molar-refractivity contribution in [1.82, 2.24) is 4.31 Å². The lowest BCUT2D eigenvalue weighted by molar-refractivity contribution is 0.375. The van der Waals surface area contributed by atoms with Crippen molar-refractivity contribution in [2.24, 2.45) is 0 Å². The number of sulfonamides is 1. The first-order valence-electron chi connectivity index (χ1n) is 10.3. The fraction of sp³-hybridized carbons (Fsp3) is 0.478. The molecule has 0 atom stereocenters. The molecule has 0 spiro atoms. The number of benzene rings is 2. The summed E-state index contributed by atoms with van der Waals surface area (Å²) in [4.78, 5) is 2.51. The number of rotatable bonds is 7. The summed E-state index contributed by atoms with van der Waals surface area (Å²) in [6.45, 7) is 8.54. The molecule has 6 nitrogen and oxygen atoms in total. The summed E-state index contributed by atoms with van der Waals surface area (Å²) in [5.74, 6) is 1.45. The molecule has 0 amide bonds. The highest BCUT2D eigenvalue weighted by Crippen LogP contribution is 2.33. The van der Waals surface area contributed by atoms with E-state index < -0.39 is 10.0 Å². The second-order valence-electron chi connectivity index (χ2n) is 8.19. The Morgan fingerprint density at radius 2 is 1.57 bits per heavy atom. The summed E-state index contributed by atoms with van der Waals surface area (Å²) >= 11 is 0. The van der Waals surface area contributed by atoms with Gasteiger partial charge in [-0.1, -0.05) is 32.9 Å². The molecular weight excluding hydrogens is 400 g/mol. The molecule has 30 heavy (non-hydrogen) atoms. The van der Waals surface area contributed by atoms with E-state index in [1.54, 1.807) is 30.7 Å². The highest BCUT2D eigenvalue weighted by atomic mass is 32.2. The second-order valence-corrected chi connectivity index (χ2v) is 10.1. The fourth-order valence-electron chi connectivity index (χ4n) is 3.65. The van der Waals surface area contributed by atoms with Crippen molar-refractivity contribution in [2.75, 3.05) is 45.3 Å². The summed E-state index contributed by atoms with van der Waals surface area (Å²) in [5, 5.41) is 0. The van der Waals surface area contributed by atoms with Crippen LogP contribution in [0, 0.1) is 0 Å². The van der Waals surface area contributed by atoms with E-state index in [2.05, 4.69) is 25.7 Å². The van der Waals surface area contributed by atoms with Gasteiger partial charge >= 0.3 is 0 Å². The lowest BCUT2D eigenvalue weighted by atomic mass is 9.82. The summed E-state index contributed by atoms with van der Waals surface area (Å²) in [6.07, 6.45) is 0.996. The van der Waals surface area contributed by atoms with Gasteiger partial charge in [0.25, 0.3) is 0 Å². The van der Waals surface area contributed by atoms with Gasteiger partial charge in [-0.25, -0.2) is 8.42 Å². The summed E-state index contributed by atoms with van der Waals surface area (Å²) < 4.78 is 38.6. The third kappa shape index (κ3) is 4.42. The van der Waals surface area contributed by atoms with E-state index in [1.165, 1.54) is 0 Å². The predicted molar refractivity (Wildman–Crippen MR) is 120 cm³/mol. The zero-order valence-corrected chi connectivity index (χ0v) is 19.3. The normalized spacial score (nSPS) is 15.8. The first-order chi connectivity index (χ1) is 14.2. The molecule has 2 aromatic carbocycles. The van der Waals surface area contributed by atoms with E-state index in [-0.39, 0.29) is 5.41 Å². The highest BCUT2D eigenvalue weighted by molar-refractivity contribution is 7.89. The molecule has 0 aromatic heterocycles. The number of ether oxygens (including phenoxy) is 2. The van der Waals surface area contributed by atoms with E-state index in [0.29, 0.717) is 31.1 Å². The largest absolute Gasteiger partial charge is 0.497 e. The van der Waals surface area contributed by atoms with Crippen LogP contribution >= 0.6 is 0 Å². The minimum atomic E-state index is -3.51. The highest BCUT2D eigenvalue weighted by Gasteiger charge is 2.30. The van der Waals surface area contributed by atoms with Crippen LogP contribution < -0.4 is 14.4 Å². The Balaban J connectivity index is 1.73. The molecule has 2 aromatic rings. The maximum Gasteiger partial charge on any atom is 0.243 e. The van der Waals surface area contributed by atoms with Gasteiger partial charge < -0.3 is 14.4 Å². The Kier molecular flexibility index (Phi) is 6.62. The smallest absolute Gasteiger partial charge is 0.243 e. The molecule has 0 unspecified atom stereocenters. The first-order valence-corrected chi connectivity index (χ1v) is 11.7. The number of nitrogens with zero attached hydrogens (tertiary/aromatic N) is 2. The van der Waals surface area contributed by atoms with Crippen molar-refractivity contribution in [3.8, 4) is 11.5 Å². The van der Waals surface area contributed by atoms with Gasteiger partial charge in [-0.05, 0) is 41.7 Å². The van der Waals surface area contributed by atoms with Gasteiger partial charge in [0.2, 0.25) is 10.0 Å². The molecule has 1 aliphatic rings. The van der Waals surface area contributed by atoms with Gasteiger partial charge in [0, 0.05) is 32.2 Å².